The molecule has 3 aromatic heterocycles. The summed E-state index contributed by atoms with van der Waals surface area (Å²) in [4.78, 5) is 33.5. The maximum absolute atomic E-state index is 13.2. The monoisotopic (exact) mass is 465 g/mol. The van der Waals surface area contributed by atoms with Crippen molar-refractivity contribution >= 4 is 28.3 Å². The van der Waals surface area contributed by atoms with Crippen molar-refractivity contribution in [2.75, 3.05) is 5.32 Å². The van der Waals surface area contributed by atoms with E-state index in [9.17, 15) is 9.59 Å². The second-order valence-electron chi connectivity index (χ2n) is 8.52. The van der Waals surface area contributed by atoms with Gasteiger partial charge in [-0.3, -0.25) is 14.6 Å². The van der Waals surface area contributed by atoms with E-state index < -0.39 is 0 Å². The number of ketones is 1. The molecule has 35 heavy (non-hydrogen) atoms. The van der Waals surface area contributed by atoms with Crippen LogP contribution in [0.25, 0.3) is 33.5 Å². The molecule has 3 heterocycles. The van der Waals surface area contributed by atoms with Gasteiger partial charge in [-0.05, 0) is 73.5 Å². The molecule has 0 radical (unpaired) electrons. The Kier molecular flexibility index (Phi) is 5.49. The lowest BCUT2D eigenvalue weighted by Gasteiger charge is -2.12. The van der Waals surface area contributed by atoms with E-state index in [1.165, 1.54) is 6.92 Å². The molecular weight excluding hydrogens is 442 g/mol. The number of benzene rings is 2. The lowest BCUT2D eigenvalue weighted by molar-refractivity contribution is 0.101. The van der Waals surface area contributed by atoms with Crippen LogP contribution in [0.1, 0.15) is 28.5 Å². The summed E-state index contributed by atoms with van der Waals surface area (Å²) < 4.78 is 7.04. The van der Waals surface area contributed by atoms with Crippen LogP contribution in [0.4, 0.5) is 11.6 Å². The number of fused-ring (bicyclic) bond motifs is 1. The van der Waals surface area contributed by atoms with Crippen molar-refractivity contribution in [2.24, 2.45) is 7.05 Å². The van der Waals surface area contributed by atoms with Gasteiger partial charge >= 0.3 is 0 Å². The Hall–Kier alpha value is -4.59. The highest BCUT2D eigenvalue weighted by atomic mass is 16.5. The zero-order chi connectivity index (χ0) is 24.7. The molecule has 5 rings (SSSR count). The Morgan fingerprint density at radius 1 is 1.00 bits per heavy atom. The fraction of sp³-hybridized carbons (Fsp3) is 0.148. The van der Waals surface area contributed by atoms with E-state index in [0.717, 1.165) is 27.7 Å². The average molecular weight is 466 g/mol. The molecule has 1 N–H and O–H groups in total. The zero-order valence-corrected chi connectivity index (χ0v) is 19.8. The standard InChI is InChI=1S/C27H23N5O3/c1-15-5-10-21(29-27-30-25(35-31-27)19-8-6-18(7-9-19)17(3)33)13-22(15)23-12-20-14-28-16(2)11-24(20)32(4)26(23)34/h5-14H,1-4H3,(H,29,31). The topological polar surface area (TPSA) is 103 Å². The summed E-state index contributed by atoms with van der Waals surface area (Å²) in [5.74, 6) is 0.616. The first-order valence-electron chi connectivity index (χ1n) is 11.1. The van der Waals surface area contributed by atoms with Crippen LogP contribution in [0.2, 0.25) is 0 Å². The van der Waals surface area contributed by atoms with Crippen molar-refractivity contribution in [3.63, 3.8) is 0 Å². The molecule has 0 amide bonds. The van der Waals surface area contributed by atoms with Crippen molar-refractivity contribution < 1.29 is 9.32 Å². The van der Waals surface area contributed by atoms with Gasteiger partial charge in [-0.1, -0.05) is 18.2 Å². The molecule has 5 aromatic rings. The van der Waals surface area contributed by atoms with E-state index >= 15 is 0 Å². The zero-order valence-electron chi connectivity index (χ0n) is 19.8. The van der Waals surface area contributed by atoms with Crippen LogP contribution >= 0.6 is 0 Å². The van der Waals surface area contributed by atoms with Crippen molar-refractivity contribution in [1.82, 2.24) is 19.7 Å². The third-order valence-corrected chi connectivity index (χ3v) is 5.99. The first-order chi connectivity index (χ1) is 16.8. The fourth-order valence-electron chi connectivity index (χ4n) is 4.02. The van der Waals surface area contributed by atoms with Crippen molar-refractivity contribution in [3.05, 3.63) is 88.0 Å². The predicted molar refractivity (Wildman–Crippen MR) is 135 cm³/mol. The smallest absolute Gasteiger partial charge is 0.268 e. The van der Waals surface area contributed by atoms with E-state index in [4.69, 9.17) is 4.52 Å². The Morgan fingerprint density at radius 3 is 2.51 bits per heavy atom. The maximum Gasteiger partial charge on any atom is 0.268 e. The predicted octanol–water partition coefficient (Wildman–Crippen LogP) is 5.21. The van der Waals surface area contributed by atoms with Crippen LogP contribution in [-0.4, -0.2) is 25.5 Å². The minimum atomic E-state index is -0.0841. The number of hydrogen-bond donors (Lipinski definition) is 1. The van der Waals surface area contributed by atoms with E-state index in [-0.39, 0.29) is 17.3 Å². The quantitative estimate of drug-likeness (QED) is 0.355. The molecule has 0 aliphatic rings. The summed E-state index contributed by atoms with van der Waals surface area (Å²) in [5.41, 5.74) is 6.02. The van der Waals surface area contributed by atoms with E-state index in [0.29, 0.717) is 28.3 Å². The second-order valence-corrected chi connectivity index (χ2v) is 8.52. The minimum Gasteiger partial charge on any atom is -0.332 e. The number of pyridine rings is 2. The van der Waals surface area contributed by atoms with Crippen LogP contribution in [0.3, 0.4) is 0 Å². The van der Waals surface area contributed by atoms with Crippen LogP contribution in [0.5, 0.6) is 0 Å². The number of anilines is 2. The van der Waals surface area contributed by atoms with Crippen LogP contribution in [0, 0.1) is 13.8 Å². The van der Waals surface area contributed by atoms with Gasteiger partial charge < -0.3 is 14.4 Å². The third kappa shape index (κ3) is 4.21. The highest BCUT2D eigenvalue weighted by Gasteiger charge is 2.14. The molecule has 0 aliphatic carbocycles. The van der Waals surface area contributed by atoms with E-state index in [1.807, 2.05) is 44.2 Å². The summed E-state index contributed by atoms with van der Waals surface area (Å²) >= 11 is 0. The molecule has 0 spiro atoms. The highest BCUT2D eigenvalue weighted by Crippen LogP contribution is 2.28. The summed E-state index contributed by atoms with van der Waals surface area (Å²) in [5, 5.41) is 8.05. The van der Waals surface area contributed by atoms with Crippen LogP contribution in [0.15, 0.2) is 70.1 Å². The second kappa shape index (κ2) is 8.64. The van der Waals surface area contributed by atoms with Gasteiger partial charge in [0.2, 0.25) is 0 Å². The highest BCUT2D eigenvalue weighted by molar-refractivity contribution is 5.94. The molecule has 0 aliphatic heterocycles. The molecule has 174 valence electrons. The number of rotatable bonds is 5. The molecule has 8 nitrogen and oxygen atoms in total. The van der Waals surface area contributed by atoms with Gasteiger partial charge in [0.25, 0.3) is 17.4 Å². The summed E-state index contributed by atoms with van der Waals surface area (Å²) in [7, 11) is 1.77. The lowest BCUT2D eigenvalue weighted by Crippen LogP contribution is -2.19. The Morgan fingerprint density at radius 2 is 1.77 bits per heavy atom. The third-order valence-electron chi connectivity index (χ3n) is 5.99. The first kappa shape index (κ1) is 22.2. The van der Waals surface area contributed by atoms with Crippen molar-refractivity contribution in [3.8, 4) is 22.6 Å². The molecule has 8 heteroatoms. The number of nitrogens with zero attached hydrogens (tertiary/aromatic N) is 4. The summed E-state index contributed by atoms with van der Waals surface area (Å²) in [6.07, 6.45) is 1.79. The largest absolute Gasteiger partial charge is 0.332 e. The summed E-state index contributed by atoms with van der Waals surface area (Å²) in [6.45, 7) is 5.39. The van der Waals surface area contributed by atoms with Gasteiger partial charge in [0.15, 0.2) is 5.78 Å². The minimum absolute atomic E-state index is 0.00719. The van der Waals surface area contributed by atoms with E-state index in [2.05, 4.69) is 20.4 Å². The normalized spacial score (nSPS) is 11.1. The SMILES string of the molecule is CC(=O)c1ccc(-c2nc(Nc3ccc(C)c(-c4cc5cnc(C)cc5n(C)c4=O)c3)no2)cc1. The molecule has 0 atom stereocenters. The molecule has 0 fully saturated rings. The lowest BCUT2D eigenvalue weighted by atomic mass is 9.99. The number of nitrogens with one attached hydrogen (secondary N) is 1. The average Bonchev–Trinajstić information content (AvgIpc) is 3.31. The number of Topliss-reactive ketones (excluding diaryl/α,β-unsaturated/α-hetero) is 1. The van der Waals surface area contributed by atoms with Gasteiger partial charge in [-0.2, -0.15) is 4.98 Å². The van der Waals surface area contributed by atoms with Gasteiger partial charge in [-0.25, -0.2) is 0 Å². The number of carbonyl (C=O) groups excluding carboxylic acids is 1. The Balaban J connectivity index is 1.47. The molecule has 0 saturated carbocycles. The van der Waals surface area contributed by atoms with Gasteiger partial charge in [-0.15, -0.1) is 0 Å². The van der Waals surface area contributed by atoms with Crippen molar-refractivity contribution in [2.45, 2.75) is 20.8 Å². The maximum atomic E-state index is 13.2. The Labute approximate surface area is 201 Å². The molecule has 2 aromatic carbocycles. The van der Waals surface area contributed by atoms with Gasteiger partial charge in [0.1, 0.15) is 0 Å². The Bertz CT molecular complexity index is 1650. The van der Waals surface area contributed by atoms with Gasteiger partial charge in [0, 0.05) is 46.7 Å². The van der Waals surface area contributed by atoms with Crippen molar-refractivity contribution in [1.29, 1.82) is 0 Å². The summed E-state index contributed by atoms with van der Waals surface area (Å²) in [6, 6.07) is 16.5. The molecule has 0 saturated heterocycles. The molecule has 0 unspecified atom stereocenters. The number of aromatic nitrogens is 4. The number of aryl methyl sites for hydroxylation is 3. The van der Waals surface area contributed by atoms with Crippen LogP contribution < -0.4 is 10.9 Å². The van der Waals surface area contributed by atoms with Gasteiger partial charge in [0.05, 0.1) is 5.52 Å². The first-order valence-corrected chi connectivity index (χ1v) is 11.1. The van der Waals surface area contributed by atoms with Crippen LogP contribution in [-0.2, 0) is 7.05 Å². The van der Waals surface area contributed by atoms with E-state index in [1.54, 1.807) is 42.1 Å². The number of carbonyl (C=O) groups is 1. The number of hydrogen-bond acceptors (Lipinski definition) is 7. The fourth-order valence-corrected chi connectivity index (χ4v) is 4.02. The molecular formula is C27H23N5O3. The molecule has 0 bridgehead atoms.